The van der Waals surface area contributed by atoms with Crippen molar-refractivity contribution >= 4 is 5.82 Å². The molecular weight excluding hydrogens is 263 g/mol. The van der Waals surface area contributed by atoms with Crippen LogP contribution in [0, 0.1) is 0 Å². The molecule has 19 heavy (non-hydrogen) atoms. The molecule has 0 unspecified atom stereocenters. The summed E-state index contributed by atoms with van der Waals surface area (Å²) in [6.07, 6.45) is -3.72. The van der Waals surface area contributed by atoms with Crippen molar-refractivity contribution in [3.8, 4) is 0 Å². The summed E-state index contributed by atoms with van der Waals surface area (Å²) in [5.74, 6) is 0.824. The minimum atomic E-state index is -4.34. The zero-order chi connectivity index (χ0) is 13.9. The van der Waals surface area contributed by atoms with Crippen LogP contribution < -0.4 is 5.32 Å². The molecule has 1 aliphatic heterocycles. The summed E-state index contributed by atoms with van der Waals surface area (Å²) in [5, 5.41) is 2.89. The normalized spacial score (nSPS) is 15.2. The Morgan fingerprint density at radius 1 is 1.37 bits per heavy atom. The van der Waals surface area contributed by atoms with Crippen LogP contribution in [0.25, 0.3) is 0 Å². The van der Waals surface area contributed by atoms with E-state index in [4.69, 9.17) is 4.74 Å². The Hall–Kier alpha value is -1.41. The molecule has 0 aromatic carbocycles. The van der Waals surface area contributed by atoms with E-state index in [1.54, 1.807) is 7.05 Å². The first-order valence-electron chi connectivity index (χ1n) is 5.78. The van der Waals surface area contributed by atoms with Crippen molar-refractivity contribution in [2.45, 2.75) is 25.8 Å². The molecule has 1 aliphatic rings. The quantitative estimate of drug-likeness (QED) is 0.907. The highest BCUT2D eigenvalue weighted by molar-refractivity contribution is 5.46. The first-order valence-corrected chi connectivity index (χ1v) is 5.78. The Bertz CT molecular complexity index is 434. The number of fused-ring (bicyclic) bond motifs is 1. The van der Waals surface area contributed by atoms with Gasteiger partial charge in [0.1, 0.15) is 19.0 Å². The van der Waals surface area contributed by atoms with Crippen molar-refractivity contribution in [1.82, 2.24) is 9.97 Å². The van der Waals surface area contributed by atoms with Crippen LogP contribution >= 0.6 is 0 Å². The van der Waals surface area contributed by atoms with Gasteiger partial charge >= 0.3 is 6.18 Å². The summed E-state index contributed by atoms with van der Waals surface area (Å²) in [5.41, 5.74) is 1.66. The lowest BCUT2D eigenvalue weighted by Crippen LogP contribution is -2.20. The Kier molecular flexibility index (Phi) is 4.20. The van der Waals surface area contributed by atoms with Crippen molar-refractivity contribution < 1.29 is 22.6 Å². The van der Waals surface area contributed by atoms with Gasteiger partial charge in [-0.15, -0.1) is 0 Å². The number of halogens is 3. The molecule has 5 nitrogen and oxygen atoms in total. The molecule has 1 N–H and O–H groups in total. The lowest BCUT2D eigenvalue weighted by molar-refractivity contribution is -0.177. The summed E-state index contributed by atoms with van der Waals surface area (Å²) in [6, 6.07) is 0. The van der Waals surface area contributed by atoms with E-state index >= 15 is 0 Å². The number of alkyl halides is 3. The summed E-state index contributed by atoms with van der Waals surface area (Å²) >= 11 is 0. The molecule has 0 spiro atoms. The molecule has 0 saturated heterocycles. The molecule has 106 valence electrons. The van der Waals surface area contributed by atoms with E-state index in [1.807, 2.05) is 0 Å². The van der Waals surface area contributed by atoms with Gasteiger partial charge in [-0.25, -0.2) is 9.97 Å². The van der Waals surface area contributed by atoms with Crippen LogP contribution in [-0.4, -0.2) is 36.4 Å². The smallest absolute Gasteiger partial charge is 0.376 e. The highest BCUT2D eigenvalue weighted by Gasteiger charge is 2.27. The molecule has 8 heteroatoms. The summed E-state index contributed by atoms with van der Waals surface area (Å²) in [7, 11) is 1.69. The SMILES string of the molecule is CNc1nc(COCC(F)(F)F)nc2c1COCC2. The van der Waals surface area contributed by atoms with Crippen molar-refractivity contribution in [2.75, 3.05) is 25.6 Å². The third-order valence-electron chi connectivity index (χ3n) is 2.60. The number of hydrogen-bond acceptors (Lipinski definition) is 5. The van der Waals surface area contributed by atoms with E-state index in [2.05, 4.69) is 20.0 Å². The molecule has 0 bridgehead atoms. The van der Waals surface area contributed by atoms with Gasteiger partial charge in [0.05, 0.1) is 18.9 Å². The number of nitrogens with one attached hydrogen (secondary N) is 1. The minimum absolute atomic E-state index is 0.245. The second kappa shape index (κ2) is 5.70. The van der Waals surface area contributed by atoms with E-state index in [-0.39, 0.29) is 12.4 Å². The Morgan fingerprint density at radius 3 is 2.84 bits per heavy atom. The molecule has 0 aliphatic carbocycles. The van der Waals surface area contributed by atoms with Gasteiger partial charge in [0.15, 0.2) is 5.82 Å². The molecule has 1 aromatic rings. The molecule has 0 amide bonds. The molecule has 0 atom stereocenters. The van der Waals surface area contributed by atoms with Gasteiger partial charge in [-0.05, 0) is 0 Å². The van der Waals surface area contributed by atoms with Crippen LogP contribution in [0.5, 0.6) is 0 Å². The molecule has 0 saturated carbocycles. The minimum Gasteiger partial charge on any atom is -0.376 e. The van der Waals surface area contributed by atoms with Crippen LogP contribution in [0.2, 0.25) is 0 Å². The van der Waals surface area contributed by atoms with Gasteiger partial charge in [-0.2, -0.15) is 13.2 Å². The number of rotatable bonds is 4. The molecular formula is C11H14F3N3O2. The van der Waals surface area contributed by atoms with Crippen molar-refractivity contribution in [1.29, 1.82) is 0 Å². The highest BCUT2D eigenvalue weighted by atomic mass is 19.4. The monoisotopic (exact) mass is 277 g/mol. The van der Waals surface area contributed by atoms with Crippen LogP contribution in [0.4, 0.5) is 19.0 Å². The fraction of sp³-hybridized carbons (Fsp3) is 0.636. The predicted octanol–water partition coefficient (Wildman–Crippen LogP) is 1.67. The van der Waals surface area contributed by atoms with Crippen LogP contribution in [0.1, 0.15) is 17.1 Å². The Labute approximate surface area is 108 Å². The van der Waals surface area contributed by atoms with E-state index < -0.39 is 12.8 Å². The fourth-order valence-corrected chi connectivity index (χ4v) is 1.81. The van der Waals surface area contributed by atoms with Gasteiger partial charge < -0.3 is 14.8 Å². The summed E-state index contributed by atoms with van der Waals surface area (Å²) < 4.78 is 45.8. The molecule has 0 fully saturated rings. The van der Waals surface area contributed by atoms with Crippen LogP contribution in [0.3, 0.4) is 0 Å². The van der Waals surface area contributed by atoms with E-state index in [0.717, 1.165) is 11.3 Å². The third-order valence-corrected chi connectivity index (χ3v) is 2.60. The number of nitrogens with zero attached hydrogens (tertiary/aromatic N) is 2. The molecule has 0 radical (unpaired) electrons. The lowest BCUT2D eigenvalue weighted by atomic mass is 10.1. The predicted molar refractivity (Wildman–Crippen MR) is 60.6 cm³/mol. The zero-order valence-corrected chi connectivity index (χ0v) is 10.4. The number of anilines is 1. The van der Waals surface area contributed by atoms with Crippen LogP contribution in [-0.2, 0) is 29.1 Å². The fourth-order valence-electron chi connectivity index (χ4n) is 1.81. The Balaban J connectivity index is 2.09. The van der Waals surface area contributed by atoms with Crippen molar-refractivity contribution in [3.63, 3.8) is 0 Å². The maximum Gasteiger partial charge on any atom is 0.411 e. The standard InChI is InChI=1S/C11H14F3N3O2/c1-15-10-7-4-18-3-2-8(7)16-9(17-10)5-19-6-11(12,13)14/h2-6H2,1H3,(H,15,16,17). The summed E-state index contributed by atoms with van der Waals surface area (Å²) in [4.78, 5) is 8.35. The maximum atomic E-state index is 12.0. The molecule has 1 aromatic heterocycles. The van der Waals surface area contributed by atoms with Gasteiger partial charge in [0.2, 0.25) is 0 Å². The molecule has 2 rings (SSSR count). The second-order valence-electron chi connectivity index (χ2n) is 4.07. The average Bonchev–Trinajstić information content (AvgIpc) is 2.36. The third kappa shape index (κ3) is 3.77. The zero-order valence-electron chi connectivity index (χ0n) is 10.4. The summed E-state index contributed by atoms with van der Waals surface area (Å²) in [6.45, 7) is -0.598. The van der Waals surface area contributed by atoms with Gasteiger partial charge in [-0.3, -0.25) is 0 Å². The number of ether oxygens (including phenoxy) is 2. The van der Waals surface area contributed by atoms with Crippen molar-refractivity contribution in [2.24, 2.45) is 0 Å². The maximum absolute atomic E-state index is 12.0. The largest absolute Gasteiger partial charge is 0.411 e. The first-order chi connectivity index (χ1) is 8.99. The van der Waals surface area contributed by atoms with Gasteiger partial charge in [-0.1, -0.05) is 0 Å². The number of hydrogen-bond donors (Lipinski definition) is 1. The number of aromatic nitrogens is 2. The van der Waals surface area contributed by atoms with Crippen LogP contribution in [0.15, 0.2) is 0 Å². The topological polar surface area (TPSA) is 56.3 Å². The van der Waals surface area contributed by atoms with Crippen molar-refractivity contribution in [3.05, 3.63) is 17.1 Å². The van der Waals surface area contributed by atoms with E-state index in [1.165, 1.54) is 0 Å². The van der Waals surface area contributed by atoms with E-state index in [9.17, 15) is 13.2 Å². The average molecular weight is 277 g/mol. The highest BCUT2D eigenvalue weighted by Crippen LogP contribution is 2.22. The molecule has 2 heterocycles. The second-order valence-corrected chi connectivity index (χ2v) is 4.07. The first kappa shape index (κ1) is 14.0. The Morgan fingerprint density at radius 2 is 2.16 bits per heavy atom. The van der Waals surface area contributed by atoms with E-state index in [0.29, 0.717) is 25.5 Å². The lowest BCUT2D eigenvalue weighted by Gasteiger charge is -2.19. The van der Waals surface area contributed by atoms with Gasteiger partial charge in [0, 0.05) is 19.0 Å². The van der Waals surface area contributed by atoms with Gasteiger partial charge in [0.25, 0.3) is 0 Å².